The number of ether oxygens (including phenoxy) is 1. The number of nitrogens with zero attached hydrogens (tertiary/aromatic N) is 2. The number of aromatic nitrogens is 2. The van der Waals surface area contributed by atoms with Crippen LogP contribution in [0.1, 0.15) is 12.5 Å². The quantitative estimate of drug-likeness (QED) is 0.742. The summed E-state index contributed by atoms with van der Waals surface area (Å²) in [4.78, 5) is 16.5. The first-order chi connectivity index (χ1) is 11.7. The van der Waals surface area contributed by atoms with Crippen LogP contribution in [0.3, 0.4) is 0 Å². The van der Waals surface area contributed by atoms with Crippen LogP contribution in [0.2, 0.25) is 0 Å². The fourth-order valence-corrected chi connectivity index (χ4v) is 2.80. The van der Waals surface area contributed by atoms with Crippen molar-refractivity contribution in [2.24, 2.45) is 0 Å². The number of nitrogens with one attached hydrogen (secondary N) is 1. The van der Waals surface area contributed by atoms with E-state index < -0.39 is 0 Å². The minimum atomic E-state index is -0.116. The summed E-state index contributed by atoms with van der Waals surface area (Å²) in [6.07, 6.45) is 0.284. The van der Waals surface area contributed by atoms with Crippen molar-refractivity contribution in [2.75, 3.05) is 11.9 Å². The zero-order valence-electron chi connectivity index (χ0n) is 13.2. The highest BCUT2D eigenvalue weighted by atomic mass is 32.1. The highest BCUT2D eigenvalue weighted by molar-refractivity contribution is 7.10. The number of benzene rings is 2. The molecule has 24 heavy (non-hydrogen) atoms. The number of anilines is 1. The number of carbonyl (C=O) groups excluding carboxylic acids is 1. The Morgan fingerprint density at radius 2 is 1.88 bits per heavy atom. The Balaban J connectivity index is 1.60. The van der Waals surface area contributed by atoms with Gasteiger partial charge in [-0.25, -0.2) is 0 Å². The van der Waals surface area contributed by atoms with E-state index in [0.29, 0.717) is 17.6 Å². The second-order valence-electron chi connectivity index (χ2n) is 5.09. The van der Waals surface area contributed by atoms with Crippen LogP contribution in [0.5, 0.6) is 5.75 Å². The molecule has 0 radical (unpaired) electrons. The van der Waals surface area contributed by atoms with E-state index in [4.69, 9.17) is 4.74 Å². The molecule has 122 valence electrons. The highest BCUT2D eigenvalue weighted by Crippen LogP contribution is 2.21. The maximum Gasteiger partial charge on any atom is 0.230 e. The normalized spacial score (nSPS) is 10.4. The lowest BCUT2D eigenvalue weighted by molar-refractivity contribution is -0.115. The number of hydrogen-bond acceptors (Lipinski definition) is 5. The molecule has 0 aliphatic carbocycles. The standard InChI is InChI=1S/C18H17N3O2S/c1-2-23-15-10-8-13(9-11-15)12-16(22)19-18-20-17(21-24-18)14-6-4-3-5-7-14/h3-11H,2,12H2,1H3,(H,19,20,21,22). The van der Waals surface area contributed by atoms with E-state index in [1.807, 2.05) is 61.5 Å². The summed E-state index contributed by atoms with van der Waals surface area (Å²) in [7, 11) is 0. The van der Waals surface area contributed by atoms with E-state index in [2.05, 4.69) is 14.7 Å². The molecule has 0 aliphatic heterocycles. The maximum atomic E-state index is 12.1. The monoisotopic (exact) mass is 339 g/mol. The molecule has 0 saturated heterocycles. The predicted molar refractivity (Wildman–Crippen MR) is 95.3 cm³/mol. The Morgan fingerprint density at radius 1 is 1.12 bits per heavy atom. The summed E-state index contributed by atoms with van der Waals surface area (Å²) < 4.78 is 9.67. The zero-order valence-corrected chi connectivity index (χ0v) is 14.0. The van der Waals surface area contributed by atoms with Crippen molar-refractivity contribution >= 4 is 22.6 Å². The van der Waals surface area contributed by atoms with Crippen molar-refractivity contribution in [3.05, 3.63) is 60.2 Å². The lowest BCUT2D eigenvalue weighted by atomic mass is 10.1. The summed E-state index contributed by atoms with van der Waals surface area (Å²) in [5.74, 6) is 1.31. The molecule has 3 rings (SSSR count). The molecule has 6 heteroatoms. The van der Waals surface area contributed by atoms with E-state index in [0.717, 1.165) is 16.9 Å². The Hall–Kier alpha value is -2.73. The fraction of sp³-hybridized carbons (Fsp3) is 0.167. The second kappa shape index (κ2) is 7.70. The number of hydrogen-bond donors (Lipinski definition) is 1. The van der Waals surface area contributed by atoms with E-state index >= 15 is 0 Å². The zero-order chi connectivity index (χ0) is 16.8. The molecule has 0 fully saturated rings. The van der Waals surface area contributed by atoms with Gasteiger partial charge < -0.3 is 10.1 Å². The first-order valence-electron chi connectivity index (χ1n) is 7.65. The third-order valence-electron chi connectivity index (χ3n) is 3.30. The molecule has 1 aromatic heterocycles. The van der Waals surface area contributed by atoms with Crippen molar-refractivity contribution in [1.82, 2.24) is 9.36 Å². The van der Waals surface area contributed by atoms with Gasteiger partial charge in [0.25, 0.3) is 0 Å². The largest absolute Gasteiger partial charge is 0.494 e. The van der Waals surface area contributed by atoms with E-state index in [-0.39, 0.29) is 12.3 Å². The first-order valence-corrected chi connectivity index (χ1v) is 8.42. The van der Waals surface area contributed by atoms with E-state index in [1.165, 1.54) is 11.5 Å². The Morgan fingerprint density at radius 3 is 2.58 bits per heavy atom. The van der Waals surface area contributed by atoms with Gasteiger partial charge in [-0.3, -0.25) is 4.79 Å². The van der Waals surface area contributed by atoms with Crippen LogP contribution < -0.4 is 10.1 Å². The van der Waals surface area contributed by atoms with Crippen LogP contribution in [0.4, 0.5) is 5.13 Å². The van der Waals surface area contributed by atoms with Crippen molar-refractivity contribution < 1.29 is 9.53 Å². The molecule has 0 unspecified atom stereocenters. The lowest BCUT2D eigenvalue weighted by Gasteiger charge is -2.05. The minimum Gasteiger partial charge on any atom is -0.494 e. The average Bonchev–Trinajstić information content (AvgIpc) is 3.06. The van der Waals surface area contributed by atoms with Gasteiger partial charge in [-0.15, -0.1) is 0 Å². The van der Waals surface area contributed by atoms with Gasteiger partial charge in [-0.05, 0) is 24.6 Å². The van der Waals surface area contributed by atoms with Gasteiger partial charge in [0.1, 0.15) is 5.75 Å². The van der Waals surface area contributed by atoms with Crippen molar-refractivity contribution in [1.29, 1.82) is 0 Å². The molecular formula is C18H17N3O2S. The molecule has 1 N–H and O–H groups in total. The van der Waals surface area contributed by atoms with Gasteiger partial charge in [0, 0.05) is 17.1 Å². The molecule has 0 aliphatic rings. The smallest absolute Gasteiger partial charge is 0.230 e. The molecule has 0 bridgehead atoms. The van der Waals surface area contributed by atoms with Crippen LogP contribution in [-0.2, 0) is 11.2 Å². The summed E-state index contributed by atoms with van der Waals surface area (Å²) in [5, 5.41) is 3.30. The van der Waals surface area contributed by atoms with E-state index in [1.54, 1.807) is 0 Å². The van der Waals surface area contributed by atoms with Gasteiger partial charge in [0.15, 0.2) is 5.82 Å². The number of carbonyl (C=O) groups is 1. The molecule has 0 saturated carbocycles. The highest BCUT2D eigenvalue weighted by Gasteiger charge is 2.10. The van der Waals surface area contributed by atoms with Gasteiger partial charge in [0.2, 0.25) is 11.0 Å². The molecule has 1 amide bonds. The van der Waals surface area contributed by atoms with Crippen LogP contribution in [0.15, 0.2) is 54.6 Å². The molecule has 2 aromatic carbocycles. The Labute approximate surface area is 144 Å². The second-order valence-corrected chi connectivity index (χ2v) is 5.84. The maximum absolute atomic E-state index is 12.1. The van der Waals surface area contributed by atoms with Crippen LogP contribution >= 0.6 is 11.5 Å². The van der Waals surface area contributed by atoms with E-state index in [9.17, 15) is 4.79 Å². The lowest BCUT2D eigenvalue weighted by Crippen LogP contribution is -2.14. The van der Waals surface area contributed by atoms with Gasteiger partial charge in [0.05, 0.1) is 13.0 Å². The molecule has 1 heterocycles. The average molecular weight is 339 g/mol. The third-order valence-corrected chi connectivity index (χ3v) is 3.93. The van der Waals surface area contributed by atoms with Crippen molar-refractivity contribution in [3.63, 3.8) is 0 Å². The molecule has 0 atom stereocenters. The van der Waals surface area contributed by atoms with Crippen molar-refractivity contribution in [3.8, 4) is 17.1 Å². The summed E-state index contributed by atoms with van der Waals surface area (Å²) >= 11 is 1.18. The fourth-order valence-electron chi connectivity index (χ4n) is 2.20. The molecule has 0 spiro atoms. The minimum absolute atomic E-state index is 0.116. The molecule has 3 aromatic rings. The predicted octanol–water partition coefficient (Wildman–Crippen LogP) is 3.79. The van der Waals surface area contributed by atoms with Crippen LogP contribution in [0.25, 0.3) is 11.4 Å². The SMILES string of the molecule is CCOc1ccc(CC(=O)Nc2nc(-c3ccccc3)ns2)cc1. The summed E-state index contributed by atoms with van der Waals surface area (Å²) in [6, 6.07) is 17.2. The van der Waals surface area contributed by atoms with Crippen LogP contribution in [-0.4, -0.2) is 21.9 Å². The third kappa shape index (κ3) is 4.17. The van der Waals surface area contributed by atoms with Gasteiger partial charge in [-0.1, -0.05) is 42.5 Å². The Kier molecular flexibility index (Phi) is 5.18. The van der Waals surface area contributed by atoms with Gasteiger partial charge >= 0.3 is 0 Å². The van der Waals surface area contributed by atoms with Gasteiger partial charge in [-0.2, -0.15) is 9.36 Å². The Bertz CT molecular complexity index is 801. The molecular weight excluding hydrogens is 322 g/mol. The van der Waals surface area contributed by atoms with Crippen LogP contribution in [0, 0.1) is 0 Å². The molecule has 5 nitrogen and oxygen atoms in total. The van der Waals surface area contributed by atoms with Crippen molar-refractivity contribution in [2.45, 2.75) is 13.3 Å². The number of amides is 1. The topological polar surface area (TPSA) is 64.1 Å². The summed E-state index contributed by atoms with van der Waals surface area (Å²) in [6.45, 7) is 2.56. The first kappa shape index (κ1) is 16.1. The number of rotatable bonds is 6. The summed E-state index contributed by atoms with van der Waals surface area (Å²) in [5.41, 5.74) is 1.85.